The van der Waals surface area contributed by atoms with Gasteiger partial charge in [-0.15, -0.1) is 0 Å². The maximum Gasteiger partial charge on any atom is 0.411 e. The molecule has 0 aliphatic rings. The zero-order valence-electron chi connectivity index (χ0n) is 26.9. The lowest BCUT2D eigenvalue weighted by atomic mass is 10.2. The molecule has 0 aromatic heterocycles. The summed E-state index contributed by atoms with van der Waals surface area (Å²) in [4.78, 5) is 61.4. The molecule has 0 spiro atoms. The van der Waals surface area contributed by atoms with Gasteiger partial charge < -0.3 is 44.2 Å². The molecule has 0 aliphatic carbocycles. The highest BCUT2D eigenvalue weighted by atomic mass is 16.7. The second-order valence-electron chi connectivity index (χ2n) is 10.1. The molecule has 4 amide bonds. The van der Waals surface area contributed by atoms with Crippen molar-refractivity contribution in [2.75, 3.05) is 33.7 Å². The van der Waals surface area contributed by atoms with Crippen LogP contribution in [0.1, 0.15) is 16.7 Å². The Hall–Kier alpha value is -5.59. The highest BCUT2D eigenvalue weighted by Crippen LogP contribution is 2.02. The quantitative estimate of drug-likeness (QED) is 0.0648. The lowest BCUT2D eigenvalue weighted by Gasteiger charge is -2.20. The molecule has 268 valence electrons. The maximum absolute atomic E-state index is 12.9. The molecule has 3 aromatic rings. The summed E-state index contributed by atoms with van der Waals surface area (Å²) in [5.41, 5.74) is 2.60. The molecule has 0 aliphatic heterocycles. The first kappa shape index (κ1) is 38.9. The molecule has 6 N–H and O–H groups in total. The Morgan fingerprint density at radius 3 is 1.46 bits per heavy atom. The maximum atomic E-state index is 12.9. The van der Waals surface area contributed by atoms with E-state index in [1.165, 1.54) is 0 Å². The van der Waals surface area contributed by atoms with E-state index in [1.54, 1.807) is 24.3 Å². The third-order valence-electron chi connectivity index (χ3n) is 6.20. The van der Waals surface area contributed by atoms with Crippen LogP contribution in [0.3, 0.4) is 0 Å². The number of rotatable bonds is 22. The average molecular weight is 698 g/mol. The summed E-state index contributed by atoms with van der Waals surface area (Å²) >= 11 is 0. The van der Waals surface area contributed by atoms with E-state index in [1.807, 2.05) is 77.4 Å². The van der Waals surface area contributed by atoms with Crippen LogP contribution in [-0.2, 0) is 62.6 Å². The molecule has 17 heteroatoms. The second kappa shape index (κ2) is 22.9. The average Bonchev–Trinajstić information content (AvgIpc) is 3.12. The smallest absolute Gasteiger partial charge is 0.411 e. The van der Waals surface area contributed by atoms with Crippen LogP contribution in [0, 0.1) is 0 Å². The zero-order valence-corrected chi connectivity index (χ0v) is 26.9. The van der Waals surface area contributed by atoms with Crippen molar-refractivity contribution in [3.63, 3.8) is 0 Å². The first-order chi connectivity index (χ1) is 24.3. The van der Waals surface area contributed by atoms with Gasteiger partial charge in [0.15, 0.2) is 19.8 Å². The minimum atomic E-state index is -1.90. The van der Waals surface area contributed by atoms with Crippen LogP contribution in [0.4, 0.5) is 9.59 Å². The Balaban J connectivity index is 1.42. The van der Waals surface area contributed by atoms with Crippen LogP contribution in [0.15, 0.2) is 91.0 Å². The first-order valence-electron chi connectivity index (χ1n) is 15.1. The van der Waals surface area contributed by atoms with Gasteiger partial charge in [-0.05, 0) is 16.7 Å². The van der Waals surface area contributed by atoms with Crippen molar-refractivity contribution in [1.29, 1.82) is 0 Å². The number of hydrogen-bond donors (Lipinski definition) is 6. The van der Waals surface area contributed by atoms with Gasteiger partial charge in [0.05, 0.1) is 26.4 Å². The molecule has 0 fully saturated rings. The summed E-state index contributed by atoms with van der Waals surface area (Å²) < 4.78 is 31.0. The highest BCUT2D eigenvalue weighted by Gasteiger charge is 2.25. The molecule has 3 rings (SSSR count). The van der Waals surface area contributed by atoms with Gasteiger partial charge in [-0.3, -0.25) is 25.5 Å². The van der Waals surface area contributed by atoms with Crippen molar-refractivity contribution in [3.05, 3.63) is 108 Å². The minimum Gasteiger partial charge on any atom is -0.478 e. The van der Waals surface area contributed by atoms with Gasteiger partial charge >= 0.3 is 18.2 Å². The summed E-state index contributed by atoms with van der Waals surface area (Å²) in [5, 5.41) is 20.6. The van der Waals surface area contributed by atoms with Gasteiger partial charge in [0.2, 0.25) is 12.1 Å². The van der Waals surface area contributed by atoms with Gasteiger partial charge in [-0.25, -0.2) is 14.4 Å². The molecule has 3 aromatic carbocycles. The van der Waals surface area contributed by atoms with Crippen molar-refractivity contribution < 1.29 is 57.5 Å². The number of aliphatic carboxylic acids is 1. The number of nitrogens with one attached hydrogen (secondary N) is 5. The second-order valence-corrected chi connectivity index (χ2v) is 10.1. The van der Waals surface area contributed by atoms with Crippen LogP contribution in [0.5, 0.6) is 0 Å². The summed E-state index contributed by atoms with van der Waals surface area (Å²) in [6.45, 7) is -1.47. The molecule has 0 heterocycles. The third-order valence-corrected chi connectivity index (χ3v) is 6.20. The zero-order chi connectivity index (χ0) is 35.8. The number of carboxylic acid groups (broad SMARTS) is 1. The molecular formula is C33H39N5O12. The fraction of sp³-hybridized carbons (Fsp3) is 0.303. The molecule has 0 saturated carbocycles. The highest BCUT2D eigenvalue weighted by molar-refractivity contribution is 5.91. The van der Waals surface area contributed by atoms with Crippen molar-refractivity contribution in [1.82, 2.24) is 26.6 Å². The van der Waals surface area contributed by atoms with Gasteiger partial charge in [0.1, 0.15) is 13.5 Å². The summed E-state index contributed by atoms with van der Waals surface area (Å²) in [6, 6.07) is 27.5. The van der Waals surface area contributed by atoms with Gasteiger partial charge in [-0.1, -0.05) is 91.0 Å². The summed E-state index contributed by atoms with van der Waals surface area (Å²) in [5.74, 6) is -3.52. The number of hydrogen-bond acceptors (Lipinski definition) is 12. The minimum absolute atomic E-state index is 0.144. The fourth-order valence-corrected chi connectivity index (χ4v) is 3.80. The summed E-state index contributed by atoms with van der Waals surface area (Å²) in [7, 11) is 0. The number of ether oxygens (including phenoxy) is 6. The van der Waals surface area contributed by atoms with Gasteiger partial charge in [0.25, 0.3) is 5.91 Å². The lowest BCUT2D eigenvalue weighted by molar-refractivity contribution is -0.142. The molecular weight excluding hydrogens is 658 g/mol. The van der Waals surface area contributed by atoms with Crippen molar-refractivity contribution in [2.24, 2.45) is 0 Å². The van der Waals surface area contributed by atoms with Crippen LogP contribution in [0.2, 0.25) is 0 Å². The van der Waals surface area contributed by atoms with Crippen molar-refractivity contribution in [3.8, 4) is 0 Å². The Bertz CT molecular complexity index is 1470. The van der Waals surface area contributed by atoms with Crippen LogP contribution < -0.4 is 26.6 Å². The number of carbonyl (C=O) groups excluding carboxylic acids is 4. The summed E-state index contributed by atoms with van der Waals surface area (Å²) in [6.07, 6.45) is -5.58. The number of benzene rings is 3. The third kappa shape index (κ3) is 16.5. The van der Waals surface area contributed by atoms with Gasteiger partial charge in [0, 0.05) is 0 Å². The number of carbonyl (C=O) groups is 5. The molecule has 0 saturated heterocycles. The Labute approximate surface area is 287 Å². The topological polar surface area (TPSA) is 221 Å². The van der Waals surface area contributed by atoms with Gasteiger partial charge in [-0.2, -0.15) is 0 Å². The van der Waals surface area contributed by atoms with E-state index in [0.29, 0.717) is 0 Å². The monoisotopic (exact) mass is 697 g/mol. The molecule has 2 unspecified atom stereocenters. The number of amides is 4. The number of alkyl carbamates (subject to hydrolysis) is 2. The van der Waals surface area contributed by atoms with E-state index in [9.17, 15) is 29.1 Å². The van der Waals surface area contributed by atoms with E-state index < -0.39 is 62.4 Å². The molecule has 0 bridgehead atoms. The standard InChI is InChI=1S/C33H39N5O12/c39-27(36-29(31(41)42)38-33(44)50-23-47-19-26-14-8-3-9-15-26)16-34-30(40)28(35-20-48-21-45-17-24-10-4-1-5-11-24)37-32(43)49-22-46-18-25-12-6-2-7-13-25/h1-15,28-29,35H,16-23H2,(H,34,40)(H,36,39)(H,37,43)(H,38,44)(H,41,42). The van der Waals surface area contributed by atoms with Crippen LogP contribution in [-0.4, -0.2) is 81.1 Å². The molecule has 17 nitrogen and oxygen atoms in total. The fourth-order valence-electron chi connectivity index (χ4n) is 3.80. The molecule has 50 heavy (non-hydrogen) atoms. The normalized spacial score (nSPS) is 11.8. The van der Waals surface area contributed by atoms with E-state index in [-0.39, 0.29) is 33.3 Å². The van der Waals surface area contributed by atoms with E-state index in [2.05, 4.69) is 16.0 Å². The van der Waals surface area contributed by atoms with Crippen LogP contribution in [0.25, 0.3) is 0 Å². The first-order valence-corrected chi connectivity index (χ1v) is 15.1. The van der Waals surface area contributed by atoms with E-state index >= 15 is 0 Å². The Morgan fingerprint density at radius 2 is 1.00 bits per heavy atom. The van der Waals surface area contributed by atoms with E-state index in [4.69, 9.17) is 28.4 Å². The van der Waals surface area contributed by atoms with Crippen molar-refractivity contribution in [2.45, 2.75) is 32.2 Å². The number of carboxylic acids is 1. The predicted molar refractivity (Wildman–Crippen MR) is 173 cm³/mol. The SMILES string of the molecule is O=C(CNC(=O)C(NCOCOCc1ccccc1)NC(=O)OCOCc1ccccc1)NC(NC(=O)OCOCc1ccccc1)C(=O)O. The predicted octanol–water partition coefficient (Wildman–Crippen LogP) is 1.49. The largest absolute Gasteiger partial charge is 0.478 e. The van der Waals surface area contributed by atoms with Crippen LogP contribution >= 0.6 is 0 Å². The Kier molecular flexibility index (Phi) is 17.8. The van der Waals surface area contributed by atoms with Crippen molar-refractivity contribution >= 4 is 30.0 Å². The lowest BCUT2D eigenvalue weighted by Crippen LogP contribution is -2.58. The Morgan fingerprint density at radius 1 is 0.560 bits per heavy atom. The molecule has 2 atom stereocenters. The van der Waals surface area contributed by atoms with E-state index in [0.717, 1.165) is 16.7 Å². The molecule has 0 radical (unpaired) electrons.